The van der Waals surface area contributed by atoms with Crippen molar-refractivity contribution in [2.75, 3.05) is 14.1 Å². The van der Waals surface area contributed by atoms with Crippen molar-refractivity contribution >= 4 is 11.7 Å². The zero-order chi connectivity index (χ0) is 19.7. The Morgan fingerprint density at radius 1 is 0.821 bits per heavy atom. The van der Waals surface area contributed by atoms with Gasteiger partial charge in [-0.15, -0.1) is 0 Å². The molecule has 0 unspecified atom stereocenters. The van der Waals surface area contributed by atoms with Crippen molar-refractivity contribution in [1.82, 2.24) is 10.2 Å². The Morgan fingerprint density at radius 2 is 1.46 bits per heavy atom. The Morgan fingerprint density at radius 3 is 2.21 bits per heavy atom. The Kier molecular flexibility index (Phi) is 4.80. The maximum absolute atomic E-state index is 12.7. The molecule has 4 rings (SSSR count). The Bertz CT molecular complexity index is 1070. The SMILES string of the molecule is CN(C)Cc1ccccc1CNC(=O)c1ccc2c(c1)C(=O)c1ccccc1-2. The van der Waals surface area contributed by atoms with Gasteiger partial charge in [-0.2, -0.15) is 0 Å². The summed E-state index contributed by atoms with van der Waals surface area (Å²) < 4.78 is 0. The second-order valence-corrected chi connectivity index (χ2v) is 7.32. The molecular formula is C24H22N2O2. The van der Waals surface area contributed by atoms with E-state index in [2.05, 4.69) is 16.3 Å². The van der Waals surface area contributed by atoms with Gasteiger partial charge >= 0.3 is 0 Å². The van der Waals surface area contributed by atoms with Crippen LogP contribution >= 0.6 is 0 Å². The first-order chi connectivity index (χ1) is 13.5. The monoisotopic (exact) mass is 370 g/mol. The fourth-order valence-corrected chi connectivity index (χ4v) is 3.67. The van der Waals surface area contributed by atoms with Gasteiger partial charge in [0.05, 0.1) is 0 Å². The number of amides is 1. The quantitative estimate of drug-likeness (QED) is 0.580. The molecule has 1 aliphatic carbocycles. The van der Waals surface area contributed by atoms with Crippen LogP contribution in [0.15, 0.2) is 66.7 Å². The van der Waals surface area contributed by atoms with Gasteiger partial charge in [0.15, 0.2) is 5.78 Å². The van der Waals surface area contributed by atoms with Gasteiger partial charge in [-0.3, -0.25) is 9.59 Å². The van der Waals surface area contributed by atoms with Crippen LogP contribution in [0.1, 0.15) is 37.4 Å². The van der Waals surface area contributed by atoms with Crippen LogP contribution in [-0.4, -0.2) is 30.7 Å². The minimum absolute atomic E-state index is 0.0171. The van der Waals surface area contributed by atoms with Crippen LogP contribution in [-0.2, 0) is 13.1 Å². The average molecular weight is 370 g/mol. The summed E-state index contributed by atoms with van der Waals surface area (Å²) in [7, 11) is 4.05. The third-order valence-electron chi connectivity index (χ3n) is 5.03. The van der Waals surface area contributed by atoms with Gasteiger partial charge in [-0.05, 0) is 48.5 Å². The number of hydrogen-bond acceptors (Lipinski definition) is 3. The van der Waals surface area contributed by atoms with Crippen LogP contribution in [0.3, 0.4) is 0 Å². The summed E-state index contributed by atoms with van der Waals surface area (Å²) in [6.07, 6.45) is 0. The van der Waals surface area contributed by atoms with E-state index in [9.17, 15) is 9.59 Å². The third-order valence-corrected chi connectivity index (χ3v) is 5.03. The predicted molar refractivity (Wildman–Crippen MR) is 110 cm³/mol. The van der Waals surface area contributed by atoms with Gasteiger partial charge in [0, 0.05) is 29.8 Å². The molecule has 0 saturated heterocycles. The molecule has 0 heterocycles. The van der Waals surface area contributed by atoms with E-state index in [1.807, 2.05) is 62.6 Å². The standard InChI is InChI=1S/C24H22N2O2/c1-26(2)15-18-8-4-3-7-17(18)14-25-24(28)16-11-12-20-19-9-5-6-10-21(19)23(27)22(20)13-16/h3-13H,14-15H2,1-2H3,(H,25,28). The number of rotatable bonds is 5. The van der Waals surface area contributed by atoms with Gasteiger partial charge in [-0.25, -0.2) is 0 Å². The topological polar surface area (TPSA) is 49.4 Å². The summed E-state index contributed by atoms with van der Waals surface area (Å²) in [5.41, 5.74) is 5.92. The van der Waals surface area contributed by atoms with Crippen LogP contribution in [0.4, 0.5) is 0 Å². The van der Waals surface area contributed by atoms with Crippen LogP contribution in [0.25, 0.3) is 11.1 Å². The number of fused-ring (bicyclic) bond motifs is 3. The lowest BCUT2D eigenvalue weighted by Crippen LogP contribution is -2.24. The molecule has 0 atom stereocenters. The largest absolute Gasteiger partial charge is 0.348 e. The molecular weight excluding hydrogens is 348 g/mol. The molecule has 3 aromatic rings. The average Bonchev–Trinajstić information content (AvgIpc) is 2.99. The molecule has 0 radical (unpaired) electrons. The number of ketones is 1. The van der Waals surface area contributed by atoms with Crippen molar-refractivity contribution in [3.05, 3.63) is 94.5 Å². The van der Waals surface area contributed by atoms with Crippen molar-refractivity contribution in [3.8, 4) is 11.1 Å². The number of benzene rings is 3. The summed E-state index contributed by atoms with van der Waals surface area (Å²) in [5, 5.41) is 2.99. The first kappa shape index (κ1) is 18.1. The number of carbonyl (C=O) groups excluding carboxylic acids is 2. The molecule has 0 aromatic heterocycles. The number of nitrogens with zero attached hydrogens (tertiary/aromatic N) is 1. The number of carbonyl (C=O) groups is 2. The molecule has 0 fully saturated rings. The van der Waals surface area contributed by atoms with Crippen molar-refractivity contribution in [2.45, 2.75) is 13.1 Å². The van der Waals surface area contributed by atoms with E-state index >= 15 is 0 Å². The summed E-state index contributed by atoms with van der Waals surface area (Å²) in [6, 6.07) is 21.0. The second kappa shape index (κ2) is 7.41. The van der Waals surface area contributed by atoms with E-state index in [0.717, 1.165) is 23.2 Å². The molecule has 4 heteroatoms. The van der Waals surface area contributed by atoms with E-state index in [4.69, 9.17) is 0 Å². The van der Waals surface area contributed by atoms with Crippen LogP contribution in [0.5, 0.6) is 0 Å². The molecule has 0 saturated carbocycles. The van der Waals surface area contributed by atoms with Gasteiger partial charge in [-0.1, -0.05) is 54.6 Å². The summed E-state index contributed by atoms with van der Waals surface area (Å²) >= 11 is 0. The van der Waals surface area contributed by atoms with Crippen molar-refractivity contribution in [1.29, 1.82) is 0 Å². The van der Waals surface area contributed by atoms with Gasteiger partial charge in [0.2, 0.25) is 0 Å². The maximum Gasteiger partial charge on any atom is 0.251 e. The highest BCUT2D eigenvalue weighted by atomic mass is 16.1. The molecule has 3 aromatic carbocycles. The Labute approximate surface area is 164 Å². The summed E-state index contributed by atoms with van der Waals surface area (Å²) in [6.45, 7) is 1.27. The van der Waals surface area contributed by atoms with Crippen LogP contribution in [0, 0.1) is 0 Å². The first-order valence-corrected chi connectivity index (χ1v) is 9.32. The van der Waals surface area contributed by atoms with E-state index in [-0.39, 0.29) is 11.7 Å². The molecule has 0 bridgehead atoms. The van der Waals surface area contributed by atoms with Gasteiger partial charge < -0.3 is 10.2 Å². The predicted octanol–water partition coefficient (Wildman–Crippen LogP) is 3.89. The highest BCUT2D eigenvalue weighted by Gasteiger charge is 2.27. The van der Waals surface area contributed by atoms with Gasteiger partial charge in [0.1, 0.15) is 0 Å². The van der Waals surface area contributed by atoms with E-state index in [0.29, 0.717) is 23.2 Å². The minimum atomic E-state index is -0.175. The lowest BCUT2D eigenvalue weighted by molar-refractivity contribution is 0.0951. The van der Waals surface area contributed by atoms with E-state index in [1.54, 1.807) is 12.1 Å². The Balaban J connectivity index is 1.53. The lowest BCUT2D eigenvalue weighted by Gasteiger charge is -2.15. The highest BCUT2D eigenvalue weighted by molar-refractivity contribution is 6.22. The molecule has 1 amide bonds. The highest BCUT2D eigenvalue weighted by Crippen LogP contribution is 2.36. The minimum Gasteiger partial charge on any atom is -0.348 e. The third kappa shape index (κ3) is 3.35. The zero-order valence-electron chi connectivity index (χ0n) is 16.0. The molecule has 28 heavy (non-hydrogen) atoms. The Hall–Kier alpha value is -3.24. The molecule has 0 aliphatic heterocycles. The van der Waals surface area contributed by atoms with E-state index < -0.39 is 0 Å². The normalized spacial score (nSPS) is 12.0. The van der Waals surface area contributed by atoms with Crippen molar-refractivity contribution in [3.63, 3.8) is 0 Å². The zero-order valence-corrected chi connectivity index (χ0v) is 16.0. The summed E-state index contributed by atoms with van der Waals surface area (Å²) in [5.74, 6) is -0.192. The summed E-state index contributed by atoms with van der Waals surface area (Å²) in [4.78, 5) is 27.5. The second-order valence-electron chi connectivity index (χ2n) is 7.32. The van der Waals surface area contributed by atoms with Gasteiger partial charge in [0.25, 0.3) is 5.91 Å². The maximum atomic E-state index is 12.7. The van der Waals surface area contributed by atoms with Crippen LogP contribution in [0.2, 0.25) is 0 Å². The van der Waals surface area contributed by atoms with Crippen molar-refractivity contribution in [2.24, 2.45) is 0 Å². The smallest absolute Gasteiger partial charge is 0.251 e. The number of nitrogens with one attached hydrogen (secondary N) is 1. The number of hydrogen-bond donors (Lipinski definition) is 1. The van der Waals surface area contributed by atoms with Crippen molar-refractivity contribution < 1.29 is 9.59 Å². The molecule has 1 N–H and O–H groups in total. The molecule has 4 nitrogen and oxygen atoms in total. The molecule has 0 spiro atoms. The fourth-order valence-electron chi connectivity index (χ4n) is 3.67. The first-order valence-electron chi connectivity index (χ1n) is 9.32. The fraction of sp³-hybridized carbons (Fsp3) is 0.167. The molecule has 140 valence electrons. The van der Waals surface area contributed by atoms with E-state index in [1.165, 1.54) is 5.56 Å². The lowest BCUT2D eigenvalue weighted by atomic mass is 10.0. The molecule has 1 aliphatic rings. The van der Waals surface area contributed by atoms with Crippen LogP contribution < -0.4 is 5.32 Å².